The van der Waals surface area contributed by atoms with E-state index in [-0.39, 0.29) is 5.28 Å². The first-order valence-electron chi connectivity index (χ1n) is 7.67. The molecule has 118 valence electrons. The minimum atomic E-state index is 0.150. The second-order valence-electron chi connectivity index (χ2n) is 5.96. The molecule has 0 saturated heterocycles. The van der Waals surface area contributed by atoms with Crippen LogP contribution < -0.4 is 4.74 Å². The normalized spacial score (nSPS) is 14.9. The third-order valence-corrected chi connectivity index (χ3v) is 4.35. The molecular weight excluding hydrogens is 314 g/mol. The van der Waals surface area contributed by atoms with Gasteiger partial charge >= 0.3 is 0 Å². The van der Waals surface area contributed by atoms with Gasteiger partial charge in [-0.25, -0.2) is 9.97 Å². The van der Waals surface area contributed by atoms with Gasteiger partial charge in [0.05, 0.1) is 12.3 Å². The first-order chi connectivity index (χ1) is 11.1. The molecule has 0 atom stereocenters. The number of benzene rings is 1. The summed E-state index contributed by atoms with van der Waals surface area (Å²) in [5.74, 6) is 1.48. The summed E-state index contributed by atoms with van der Waals surface area (Å²) in [6.45, 7) is 4.09. The molecule has 0 aliphatic heterocycles. The van der Waals surface area contributed by atoms with E-state index in [0.717, 1.165) is 35.3 Å². The number of hydrogen-bond acceptors (Lipinski definition) is 5. The topological polar surface area (TPSA) is 61.0 Å². The van der Waals surface area contributed by atoms with Gasteiger partial charge in [0.2, 0.25) is 11.2 Å². The molecule has 4 rings (SSSR count). The summed E-state index contributed by atoms with van der Waals surface area (Å²) in [5, 5.41) is 0.150. The molecule has 1 aliphatic carbocycles. The Morgan fingerprint density at radius 1 is 1.17 bits per heavy atom. The smallest absolute Gasteiger partial charge is 0.251 e. The van der Waals surface area contributed by atoms with Crippen molar-refractivity contribution >= 4 is 22.8 Å². The Labute approximate surface area is 138 Å². The summed E-state index contributed by atoms with van der Waals surface area (Å²) in [6.07, 6.45) is 5.47. The molecule has 1 saturated carbocycles. The summed E-state index contributed by atoms with van der Waals surface area (Å²) in [6, 6.07) is 4.06. The van der Waals surface area contributed by atoms with E-state index in [1.165, 1.54) is 6.42 Å². The Morgan fingerprint density at radius 3 is 2.57 bits per heavy atom. The molecule has 2 heterocycles. The van der Waals surface area contributed by atoms with Gasteiger partial charge < -0.3 is 9.15 Å². The number of rotatable bonds is 3. The van der Waals surface area contributed by atoms with E-state index in [1.54, 1.807) is 6.20 Å². The third kappa shape index (κ3) is 2.65. The van der Waals surface area contributed by atoms with Gasteiger partial charge in [0, 0.05) is 5.56 Å². The van der Waals surface area contributed by atoms with Crippen LogP contribution in [0.2, 0.25) is 5.28 Å². The third-order valence-electron chi connectivity index (χ3n) is 4.17. The quantitative estimate of drug-likeness (QED) is 0.663. The fourth-order valence-electron chi connectivity index (χ4n) is 2.75. The second kappa shape index (κ2) is 5.49. The summed E-state index contributed by atoms with van der Waals surface area (Å²) in [7, 11) is 0. The van der Waals surface area contributed by atoms with Crippen molar-refractivity contribution in [3.05, 3.63) is 34.7 Å². The van der Waals surface area contributed by atoms with Gasteiger partial charge in [-0.1, -0.05) is 0 Å². The van der Waals surface area contributed by atoms with E-state index in [0.29, 0.717) is 23.2 Å². The van der Waals surface area contributed by atoms with Crippen molar-refractivity contribution in [2.75, 3.05) is 0 Å². The Balaban J connectivity index is 1.72. The number of hydrogen-bond donors (Lipinski definition) is 0. The zero-order valence-corrected chi connectivity index (χ0v) is 13.7. The van der Waals surface area contributed by atoms with Crippen LogP contribution in [-0.4, -0.2) is 21.1 Å². The van der Waals surface area contributed by atoms with Crippen molar-refractivity contribution in [2.24, 2.45) is 0 Å². The van der Waals surface area contributed by atoms with E-state index in [4.69, 9.17) is 20.8 Å². The molecule has 1 aliphatic rings. The Kier molecular flexibility index (Phi) is 3.45. The van der Waals surface area contributed by atoms with Crippen LogP contribution in [-0.2, 0) is 0 Å². The number of oxazole rings is 1. The van der Waals surface area contributed by atoms with E-state index in [2.05, 4.69) is 15.0 Å². The average Bonchev–Trinajstić information content (AvgIpc) is 2.87. The van der Waals surface area contributed by atoms with Gasteiger partial charge in [-0.15, -0.1) is 0 Å². The molecule has 5 nitrogen and oxygen atoms in total. The molecule has 0 spiro atoms. The van der Waals surface area contributed by atoms with Gasteiger partial charge in [-0.05, 0) is 68.0 Å². The summed E-state index contributed by atoms with van der Waals surface area (Å²) < 4.78 is 11.8. The molecular formula is C17H16ClN3O2. The standard InChI is InChI=1S/C17H16ClN3O2/c1-9-6-11(7-10(2)14(9)22-12-4-3-5-12)15-20-13-8-19-17(18)21-16(13)23-15/h6-8,12H,3-5H2,1-2H3. The fraction of sp³-hybridized carbons (Fsp3) is 0.353. The summed E-state index contributed by atoms with van der Waals surface area (Å²) in [4.78, 5) is 12.4. The van der Waals surface area contributed by atoms with Gasteiger partial charge in [0.15, 0.2) is 0 Å². The first-order valence-corrected chi connectivity index (χ1v) is 8.05. The maximum absolute atomic E-state index is 6.09. The number of halogens is 1. The van der Waals surface area contributed by atoms with Crippen LogP contribution >= 0.6 is 11.6 Å². The largest absolute Gasteiger partial charge is 0.490 e. The molecule has 3 aromatic rings. The van der Waals surface area contributed by atoms with E-state index >= 15 is 0 Å². The van der Waals surface area contributed by atoms with Crippen LogP contribution in [0.3, 0.4) is 0 Å². The van der Waals surface area contributed by atoms with Crippen molar-refractivity contribution in [2.45, 2.75) is 39.2 Å². The Hall–Kier alpha value is -2.14. The molecule has 0 unspecified atom stereocenters. The molecule has 1 aromatic carbocycles. The van der Waals surface area contributed by atoms with E-state index in [9.17, 15) is 0 Å². The summed E-state index contributed by atoms with van der Waals surface area (Å²) in [5.41, 5.74) is 4.05. The lowest BCUT2D eigenvalue weighted by atomic mass is 9.95. The first kappa shape index (κ1) is 14.5. The van der Waals surface area contributed by atoms with Gasteiger partial charge in [-0.3, -0.25) is 0 Å². The Bertz CT molecular complexity index is 864. The minimum Gasteiger partial charge on any atom is -0.490 e. The molecule has 2 aromatic heterocycles. The van der Waals surface area contributed by atoms with Crippen molar-refractivity contribution in [3.63, 3.8) is 0 Å². The van der Waals surface area contributed by atoms with Crippen molar-refractivity contribution in [1.29, 1.82) is 0 Å². The van der Waals surface area contributed by atoms with E-state index < -0.39 is 0 Å². The predicted octanol–water partition coefficient (Wildman–Crippen LogP) is 4.49. The highest BCUT2D eigenvalue weighted by Gasteiger charge is 2.21. The van der Waals surface area contributed by atoms with Crippen molar-refractivity contribution < 1.29 is 9.15 Å². The van der Waals surface area contributed by atoms with Gasteiger partial charge in [0.25, 0.3) is 5.71 Å². The zero-order valence-electron chi connectivity index (χ0n) is 13.0. The number of fused-ring (bicyclic) bond motifs is 1. The lowest BCUT2D eigenvalue weighted by Gasteiger charge is -2.28. The predicted molar refractivity (Wildman–Crippen MR) is 87.8 cm³/mol. The van der Waals surface area contributed by atoms with Crippen LogP contribution in [0.5, 0.6) is 5.75 Å². The molecule has 1 fully saturated rings. The molecule has 0 N–H and O–H groups in total. The maximum atomic E-state index is 6.09. The number of aryl methyl sites for hydroxylation is 2. The molecule has 0 bridgehead atoms. The molecule has 6 heteroatoms. The zero-order chi connectivity index (χ0) is 16.0. The Morgan fingerprint density at radius 2 is 1.91 bits per heavy atom. The molecule has 0 radical (unpaired) electrons. The second-order valence-corrected chi connectivity index (χ2v) is 6.30. The number of nitrogens with zero attached hydrogens (tertiary/aromatic N) is 3. The lowest BCUT2D eigenvalue weighted by Crippen LogP contribution is -2.25. The van der Waals surface area contributed by atoms with Crippen LogP contribution in [0, 0.1) is 13.8 Å². The highest BCUT2D eigenvalue weighted by molar-refractivity contribution is 6.28. The van der Waals surface area contributed by atoms with Crippen LogP contribution in [0.1, 0.15) is 30.4 Å². The highest BCUT2D eigenvalue weighted by Crippen LogP contribution is 2.34. The summed E-state index contributed by atoms with van der Waals surface area (Å²) >= 11 is 5.79. The number of aromatic nitrogens is 3. The van der Waals surface area contributed by atoms with Crippen LogP contribution in [0.25, 0.3) is 22.7 Å². The fourth-order valence-corrected chi connectivity index (χ4v) is 2.88. The maximum Gasteiger partial charge on any atom is 0.251 e. The van der Waals surface area contributed by atoms with Crippen molar-refractivity contribution in [1.82, 2.24) is 15.0 Å². The monoisotopic (exact) mass is 329 g/mol. The van der Waals surface area contributed by atoms with Gasteiger partial charge in [0.1, 0.15) is 11.3 Å². The minimum absolute atomic E-state index is 0.150. The van der Waals surface area contributed by atoms with Crippen LogP contribution in [0.15, 0.2) is 22.7 Å². The SMILES string of the molecule is Cc1cc(-c2nc3cnc(Cl)nc3o2)cc(C)c1OC1CCC1. The van der Waals surface area contributed by atoms with E-state index in [1.807, 2.05) is 26.0 Å². The van der Waals surface area contributed by atoms with Crippen LogP contribution in [0.4, 0.5) is 0 Å². The molecule has 23 heavy (non-hydrogen) atoms. The van der Waals surface area contributed by atoms with Crippen molar-refractivity contribution in [3.8, 4) is 17.2 Å². The van der Waals surface area contributed by atoms with Gasteiger partial charge in [-0.2, -0.15) is 4.98 Å². The molecule has 0 amide bonds. The lowest BCUT2D eigenvalue weighted by molar-refractivity contribution is 0.118. The highest BCUT2D eigenvalue weighted by atomic mass is 35.5. The average molecular weight is 330 g/mol. The number of ether oxygens (including phenoxy) is 1.